The van der Waals surface area contributed by atoms with Crippen molar-refractivity contribution in [3.63, 3.8) is 0 Å². The number of nitrogens with two attached hydrogens (primary N) is 1. The third-order valence-corrected chi connectivity index (χ3v) is 2.10. The summed E-state index contributed by atoms with van der Waals surface area (Å²) in [5, 5.41) is 12.0. The van der Waals surface area contributed by atoms with Gasteiger partial charge in [0.05, 0.1) is 17.8 Å². The molecule has 0 bridgehead atoms. The molecule has 0 fully saturated rings. The summed E-state index contributed by atoms with van der Waals surface area (Å²) in [6, 6.07) is 0. The zero-order valence-corrected chi connectivity index (χ0v) is 8.03. The molecule has 6 nitrogen and oxygen atoms in total. The van der Waals surface area contributed by atoms with Gasteiger partial charge in [-0.2, -0.15) is 15.2 Å². The largest absolute Gasteiger partial charge is 0.385 e. The van der Waals surface area contributed by atoms with Crippen molar-refractivity contribution in [2.45, 2.75) is 20.3 Å². The maximum absolute atomic E-state index is 11.5. The van der Waals surface area contributed by atoms with E-state index in [0.29, 0.717) is 11.5 Å². The van der Waals surface area contributed by atoms with Crippen molar-refractivity contribution in [2.24, 2.45) is 10.8 Å². The fraction of sp³-hybridized carbons (Fsp3) is 0.375. The van der Waals surface area contributed by atoms with E-state index in [1.54, 1.807) is 0 Å². The lowest BCUT2D eigenvalue weighted by atomic mass is 10.3. The Hall–Kier alpha value is -1.85. The summed E-state index contributed by atoms with van der Waals surface area (Å²) in [5.41, 5.74) is 7.74. The summed E-state index contributed by atoms with van der Waals surface area (Å²) >= 11 is 0. The van der Waals surface area contributed by atoms with Gasteiger partial charge in [-0.15, -0.1) is 0 Å². The minimum Gasteiger partial charge on any atom is -0.385 e. The maximum Gasteiger partial charge on any atom is 0.255 e. The van der Waals surface area contributed by atoms with Crippen molar-refractivity contribution >= 4 is 17.4 Å². The van der Waals surface area contributed by atoms with Crippen LogP contribution < -0.4 is 10.7 Å². The Morgan fingerprint density at radius 1 is 1.50 bits per heavy atom. The van der Waals surface area contributed by atoms with Crippen LogP contribution in [0.3, 0.4) is 0 Å². The number of H-pyrrole nitrogens is 1. The van der Waals surface area contributed by atoms with Gasteiger partial charge in [0.2, 0.25) is 0 Å². The van der Waals surface area contributed by atoms with Gasteiger partial charge in [-0.3, -0.25) is 9.89 Å². The molecule has 0 spiro atoms. The third-order valence-electron chi connectivity index (χ3n) is 2.10. The molecule has 0 saturated heterocycles. The number of nitrogens with one attached hydrogen (secondary N) is 1. The normalized spacial score (nSPS) is 16.3. The molecule has 2 rings (SSSR count). The van der Waals surface area contributed by atoms with E-state index in [0.717, 1.165) is 11.4 Å². The highest BCUT2D eigenvalue weighted by Crippen LogP contribution is 2.25. The standard InChI is InChI=1S/C8H11N5O/c1-4-8(5(2)11-10-4)13-7(14)3-6(9)12-13/h3H2,1-2H3,(H2,9,12)(H,10,11). The van der Waals surface area contributed by atoms with Crippen molar-refractivity contribution in [1.29, 1.82) is 0 Å². The fourth-order valence-corrected chi connectivity index (χ4v) is 1.48. The van der Waals surface area contributed by atoms with Crippen molar-refractivity contribution < 1.29 is 4.79 Å². The molecule has 1 aromatic rings. The molecule has 3 N–H and O–H groups in total. The van der Waals surface area contributed by atoms with Gasteiger partial charge >= 0.3 is 0 Å². The van der Waals surface area contributed by atoms with E-state index in [1.807, 2.05) is 13.8 Å². The number of nitrogens with zero attached hydrogens (tertiary/aromatic N) is 3. The number of hydrogen-bond donors (Lipinski definition) is 2. The molecule has 0 atom stereocenters. The SMILES string of the molecule is Cc1n[nH]c(C)c1N1N=C(N)CC1=O. The van der Waals surface area contributed by atoms with Gasteiger partial charge in [-0.25, -0.2) is 0 Å². The molecular formula is C8H11N5O. The summed E-state index contributed by atoms with van der Waals surface area (Å²) in [4.78, 5) is 11.5. The Balaban J connectivity index is 2.45. The molecule has 1 amide bonds. The summed E-state index contributed by atoms with van der Waals surface area (Å²) in [7, 11) is 0. The number of carbonyl (C=O) groups excluding carboxylic acids is 1. The van der Waals surface area contributed by atoms with Crippen LogP contribution in [0.1, 0.15) is 17.8 Å². The number of amides is 1. The monoisotopic (exact) mass is 193 g/mol. The Morgan fingerprint density at radius 2 is 2.21 bits per heavy atom. The molecule has 1 aromatic heterocycles. The van der Waals surface area contributed by atoms with E-state index in [1.165, 1.54) is 5.01 Å². The first-order valence-corrected chi connectivity index (χ1v) is 4.27. The molecule has 1 aliphatic heterocycles. The van der Waals surface area contributed by atoms with Gasteiger partial charge in [0.1, 0.15) is 11.5 Å². The predicted octanol–water partition coefficient (Wildman–Crippen LogP) is 0.0354. The number of aromatic amines is 1. The average Bonchev–Trinajstić information content (AvgIpc) is 2.57. The second-order valence-corrected chi connectivity index (χ2v) is 3.26. The number of rotatable bonds is 1. The van der Waals surface area contributed by atoms with E-state index in [2.05, 4.69) is 15.3 Å². The van der Waals surface area contributed by atoms with Gasteiger partial charge in [0, 0.05) is 0 Å². The minimum absolute atomic E-state index is 0.116. The topological polar surface area (TPSA) is 87.4 Å². The van der Waals surface area contributed by atoms with E-state index in [9.17, 15) is 4.79 Å². The Kier molecular flexibility index (Phi) is 1.77. The van der Waals surface area contributed by atoms with Gasteiger partial charge in [0.25, 0.3) is 5.91 Å². The van der Waals surface area contributed by atoms with Gasteiger partial charge < -0.3 is 5.73 Å². The number of amidine groups is 1. The minimum atomic E-state index is -0.116. The number of hydrogen-bond acceptors (Lipinski definition) is 4. The van der Waals surface area contributed by atoms with Crippen LogP contribution in [0.25, 0.3) is 0 Å². The lowest BCUT2D eigenvalue weighted by Crippen LogP contribution is -2.20. The zero-order valence-electron chi connectivity index (χ0n) is 8.03. The molecule has 0 aliphatic carbocycles. The molecule has 6 heteroatoms. The number of anilines is 1. The highest BCUT2D eigenvalue weighted by Gasteiger charge is 2.27. The lowest BCUT2D eigenvalue weighted by molar-refractivity contribution is -0.116. The quantitative estimate of drug-likeness (QED) is 0.659. The third kappa shape index (κ3) is 1.15. The van der Waals surface area contributed by atoms with Gasteiger partial charge in [0.15, 0.2) is 0 Å². The summed E-state index contributed by atoms with van der Waals surface area (Å²) in [5.74, 6) is 0.227. The number of aromatic nitrogens is 2. The van der Waals surface area contributed by atoms with E-state index in [-0.39, 0.29) is 12.3 Å². The van der Waals surface area contributed by atoms with Crippen molar-refractivity contribution in [3.8, 4) is 0 Å². The van der Waals surface area contributed by atoms with Crippen LogP contribution in [0.15, 0.2) is 5.10 Å². The van der Waals surface area contributed by atoms with Crippen molar-refractivity contribution in [3.05, 3.63) is 11.4 Å². The molecule has 1 aliphatic rings. The molecule has 0 aromatic carbocycles. The second kappa shape index (κ2) is 2.83. The molecule has 74 valence electrons. The van der Waals surface area contributed by atoms with Gasteiger partial charge in [-0.05, 0) is 13.8 Å². The number of carbonyl (C=O) groups is 1. The number of hydrazone groups is 1. The fourth-order valence-electron chi connectivity index (χ4n) is 1.48. The van der Waals surface area contributed by atoms with Crippen LogP contribution >= 0.6 is 0 Å². The van der Waals surface area contributed by atoms with Crippen molar-refractivity contribution in [2.75, 3.05) is 5.01 Å². The first-order chi connectivity index (χ1) is 6.59. The lowest BCUT2D eigenvalue weighted by Gasteiger charge is -2.10. The van der Waals surface area contributed by atoms with E-state index in [4.69, 9.17) is 5.73 Å². The van der Waals surface area contributed by atoms with Crippen LogP contribution in [0.2, 0.25) is 0 Å². The zero-order chi connectivity index (χ0) is 10.3. The summed E-state index contributed by atoms with van der Waals surface area (Å²) < 4.78 is 0. The van der Waals surface area contributed by atoms with Crippen LogP contribution in [0.4, 0.5) is 5.69 Å². The molecule has 2 heterocycles. The van der Waals surface area contributed by atoms with Crippen molar-refractivity contribution in [1.82, 2.24) is 10.2 Å². The summed E-state index contributed by atoms with van der Waals surface area (Å²) in [6.45, 7) is 3.66. The maximum atomic E-state index is 11.5. The first-order valence-electron chi connectivity index (χ1n) is 4.27. The molecule has 0 radical (unpaired) electrons. The number of aryl methyl sites for hydroxylation is 2. The Labute approximate surface area is 80.8 Å². The molecule has 0 saturated carbocycles. The van der Waals surface area contributed by atoms with E-state index < -0.39 is 0 Å². The molecule has 0 unspecified atom stereocenters. The first kappa shape index (κ1) is 8.74. The Bertz CT molecular complexity index is 400. The van der Waals surface area contributed by atoms with Crippen LogP contribution in [0, 0.1) is 13.8 Å². The smallest absolute Gasteiger partial charge is 0.255 e. The van der Waals surface area contributed by atoms with Gasteiger partial charge in [-0.1, -0.05) is 0 Å². The summed E-state index contributed by atoms with van der Waals surface area (Å²) in [6.07, 6.45) is 0.185. The highest BCUT2D eigenvalue weighted by atomic mass is 16.2. The van der Waals surface area contributed by atoms with Crippen LogP contribution in [-0.2, 0) is 4.79 Å². The average molecular weight is 193 g/mol. The Morgan fingerprint density at radius 3 is 2.64 bits per heavy atom. The van der Waals surface area contributed by atoms with Crippen LogP contribution in [0.5, 0.6) is 0 Å². The predicted molar refractivity (Wildman–Crippen MR) is 51.8 cm³/mol. The van der Waals surface area contributed by atoms with E-state index >= 15 is 0 Å². The second-order valence-electron chi connectivity index (χ2n) is 3.26. The molecular weight excluding hydrogens is 182 g/mol. The highest BCUT2D eigenvalue weighted by molar-refractivity contribution is 6.12. The molecule has 14 heavy (non-hydrogen) atoms. The van der Waals surface area contributed by atoms with Crippen LogP contribution in [-0.4, -0.2) is 21.9 Å².